The maximum atomic E-state index is 12.6. The Hall–Kier alpha value is -0.860. The van der Waals surface area contributed by atoms with E-state index < -0.39 is 0 Å². The number of piperidine rings is 1. The van der Waals surface area contributed by atoms with Crippen molar-refractivity contribution in [3.8, 4) is 0 Å². The summed E-state index contributed by atoms with van der Waals surface area (Å²) in [6.07, 6.45) is 4.87. The molecular formula is C18H31NO2. The van der Waals surface area contributed by atoms with Gasteiger partial charge in [-0.05, 0) is 48.3 Å². The monoisotopic (exact) mass is 293 g/mol. The fourth-order valence-electron chi connectivity index (χ4n) is 5.02. The van der Waals surface area contributed by atoms with Crippen molar-refractivity contribution in [1.82, 2.24) is 5.32 Å². The van der Waals surface area contributed by atoms with Crippen LogP contribution in [0.15, 0.2) is 0 Å². The summed E-state index contributed by atoms with van der Waals surface area (Å²) in [6, 6.07) is 0. The summed E-state index contributed by atoms with van der Waals surface area (Å²) in [5.74, 6) is 2.06. The zero-order valence-electron chi connectivity index (χ0n) is 14.2. The molecule has 1 aliphatic carbocycles. The summed E-state index contributed by atoms with van der Waals surface area (Å²) in [5, 5.41) is 2.60. The number of rotatable bonds is 3. The third kappa shape index (κ3) is 3.17. The van der Waals surface area contributed by atoms with Crippen LogP contribution in [0.4, 0.5) is 0 Å². The maximum absolute atomic E-state index is 12.6. The highest BCUT2D eigenvalue weighted by Crippen LogP contribution is 2.56. The van der Waals surface area contributed by atoms with Crippen LogP contribution in [-0.2, 0) is 9.59 Å². The highest BCUT2D eigenvalue weighted by atomic mass is 16.2. The van der Waals surface area contributed by atoms with Gasteiger partial charge in [-0.3, -0.25) is 14.9 Å². The smallest absolute Gasteiger partial charge is 0.230 e. The number of carbonyl (C=O) groups is 2. The first-order chi connectivity index (χ1) is 9.76. The van der Waals surface area contributed by atoms with E-state index in [1.54, 1.807) is 0 Å². The fourth-order valence-corrected chi connectivity index (χ4v) is 5.02. The molecule has 0 radical (unpaired) electrons. The Morgan fingerprint density at radius 1 is 1.19 bits per heavy atom. The van der Waals surface area contributed by atoms with Gasteiger partial charge in [0, 0.05) is 12.3 Å². The minimum Gasteiger partial charge on any atom is -0.296 e. The molecule has 4 unspecified atom stereocenters. The summed E-state index contributed by atoms with van der Waals surface area (Å²) in [5.41, 5.74) is -0.102. The number of amides is 2. The molecule has 2 amide bonds. The van der Waals surface area contributed by atoms with E-state index in [9.17, 15) is 9.59 Å². The Kier molecular flexibility index (Phi) is 4.79. The van der Waals surface area contributed by atoms with Gasteiger partial charge in [-0.2, -0.15) is 0 Å². The van der Waals surface area contributed by atoms with Gasteiger partial charge in [-0.25, -0.2) is 0 Å². The van der Waals surface area contributed by atoms with E-state index in [-0.39, 0.29) is 23.1 Å². The first kappa shape index (κ1) is 16.5. The lowest BCUT2D eigenvalue weighted by molar-refractivity contribution is -0.153. The SMILES string of the molecule is CC(C)CC1C(=O)NC(=O)CC12CC(C)CCC2C(C)C. The molecule has 3 heteroatoms. The van der Waals surface area contributed by atoms with Crippen molar-refractivity contribution in [2.45, 2.75) is 66.7 Å². The molecule has 4 atom stereocenters. The molecule has 0 aromatic heterocycles. The van der Waals surface area contributed by atoms with E-state index in [0.29, 0.717) is 30.1 Å². The van der Waals surface area contributed by atoms with E-state index in [1.807, 2.05) is 0 Å². The fraction of sp³-hybridized carbons (Fsp3) is 0.889. The van der Waals surface area contributed by atoms with Gasteiger partial charge in [0.25, 0.3) is 0 Å². The minimum atomic E-state index is -0.102. The average Bonchev–Trinajstić information content (AvgIpc) is 2.33. The van der Waals surface area contributed by atoms with Crippen molar-refractivity contribution in [3.05, 3.63) is 0 Å². The molecule has 3 nitrogen and oxygen atoms in total. The maximum Gasteiger partial charge on any atom is 0.230 e. The molecule has 0 aromatic rings. The highest BCUT2D eigenvalue weighted by Gasteiger charge is 2.55. The normalized spacial score (nSPS) is 37.4. The predicted octanol–water partition coefficient (Wildman–Crippen LogP) is 3.77. The van der Waals surface area contributed by atoms with E-state index in [4.69, 9.17) is 0 Å². The molecule has 1 saturated heterocycles. The summed E-state index contributed by atoms with van der Waals surface area (Å²) < 4.78 is 0. The van der Waals surface area contributed by atoms with Crippen LogP contribution >= 0.6 is 0 Å². The Bertz CT molecular complexity index is 415. The van der Waals surface area contributed by atoms with E-state index in [0.717, 1.165) is 19.3 Å². The Morgan fingerprint density at radius 3 is 2.43 bits per heavy atom. The van der Waals surface area contributed by atoms with Crippen molar-refractivity contribution in [3.63, 3.8) is 0 Å². The molecule has 0 bridgehead atoms. The lowest BCUT2D eigenvalue weighted by Crippen LogP contribution is -2.58. The molecule has 1 saturated carbocycles. The van der Waals surface area contributed by atoms with Gasteiger partial charge in [0.15, 0.2) is 0 Å². The van der Waals surface area contributed by atoms with E-state index >= 15 is 0 Å². The van der Waals surface area contributed by atoms with E-state index in [1.165, 1.54) is 6.42 Å². The van der Waals surface area contributed by atoms with Crippen LogP contribution in [0, 0.1) is 35.0 Å². The molecule has 1 spiro atoms. The summed E-state index contributed by atoms with van der Waals surface area (Å²) >= 11 is 0. The van der Waals surface area contributed by atoms with Gasteiger partial charge in [-0.1, -0.05) is 41.0 Å². The van der Waals surface area contributed by atoms with Crippen LogP contribution in [0.1, 0.15) is 66.7 Å². The van der Waals surface area contributed by atoms with Crippen LogP contribution in [0.5, 0.6) is 0 Å². The molecular weight excluding hydrogens is 262 g/mol. The number of hydrogen-bond donors (Lipinski definition) is 1. The summed E-state index contributed by atoms with van der Waals surface area (Å²) in [6.45, 7) is 11.1. The van der Waals surface area contributed by atoms with Crippen molar-refractivity contribution in [1.29, 1.82) is 0 Å². The summed E-state index contributed by atoms with van der Waals surface area (Å²) in [4.78, 5) is 24.7. The first-order valence-corrected chi connectivity index (χ1v) is 8.60. The standard InChI is InChI=1S/C18H31NO2/c1-11(2)8-15-17(21)19-16(20)10-18(15)9-13(5)6-7-14(18)12(3)4/h11-15H,6-10H2,1-5H3,(H,19,20,21). The number of hydrogen-bond acceptors (Lipinski definition) is 2. The molecule has 1 heterocycles. The molecule has 1 N–H and O–H groups in total. The van der Waals surface area contributed by atoms with Gasteiger partial charge in [0.05, 0.1) is 0 Å². The number of nitrogens with one attached hydrogen (secondary N) is 1. The van der Waals surface area contributed by atoms with Crippen molar-refractivity contribution in [2.75, 3.05) is 0 Å². The molecule has 21 heavy (non-hydrogen) atoms. The number of carbonyl (C=O) groups excluding carboxylic acids is 2. The largest absolute Gasteiger partial charge is 0.296 e. The molecule has 2 fully saturated rings. The lowest BCUT2D eigenvalue weighted by Gasteiger charge is -2.54. The Balaban J connectivity index is 2.42. The number of imide groups is 1. The third-order valence-corrected chi connectivity index (χ3v) is 5.71. The van der Waals surface area contributed by atoms with Crippen LogP contribution in [0.3, 0.4) is 0 Å². The van der Waals surface area contributed by atoms with Crippen molar-refractivity contribution < 1.29 is 9.59 Å². The van der Waals surface area contributed by atoms with Gasteiger partial charge in [-0.15, -0.1) is 0 Å². The molecule has 0 aromatic carbocycles. The second kappa shape index (κ2) is 6.10. The molecule has 120 valence electrons. The van der Waals surface area contributed by atoms with Crippen LogP contribution in [0.25, 0.3) is 0 Å². The van der Waals surface area contributed by atoms with Crippen LogP contribution in [-0.4, -0.2) is 11.8 Å². The van der Waals surface area contributed by atoms with Gasteiger partial charge >= 0.3 is 0 Å². The second-order valence-electron chi connectivity index (χ2n) is 8.24. The quantitative estimate of drug-likeness (QED) is 0.805. The second-order valence-corrected chi connectivity index (χ2v) is 8.24. The van der Waals surface area contributed by atoms with Gasteiger partial charge in [0.1, 0.15) is 0 Å². The van der Waals surface area contributed by atoms with E-state index in [2.05, 4.69) is 39.9 Å². The predicted molar refractivity (Wildman–Crippen MR) is 84.5 cm³/mol. The highest BCUT2D eigenvalue weighted by molar-refractivity contribution is 5.99. The van der Waals surface area contributed by atoms with Gasteiger partial charge in [0.2, 0.25) is 11.8 Å². The average molecular weight is 293 g/mol. The zero-order chi connectivity index (χ0) is 15.8. The first-order valence-electron chi connectivity index (χ1n) is 8.60. The third-order valence-electron chi connectivity index (χ3n) is 5.71. The van der Waals surface area contributed by atoms with Crippen molar-refractivity contribution >= 4 is 11.8 Å². The van der Waals surface area contributed by atoms with Crippen LogP contribution in [0.2, 0.25) is 0 Å². The zero-order valence-corrected chi connectivity index (χ0v) is 14.2. The molecule has 1 aliphatic heterocycles. The summed E-state index contributed by atoms with van der Waals surface area (Å²) in [7, 11) is 0. The molecule has 2 aliphatic rings. The minimum absolute atomic E-state index is 0.00495. The van der Waals surface area contributed by atoms with Gasteiger partial charge < -0.3 is 0 Å². The topological polar surface area (TPSA) is 46.2 Å². The molecule has 2 rings (SSSR count). The Morgan fingerprint density at radius 2 is 1.86 bits per heavy atom. The van der Waals surface area contributed by atoms with Crippen molar-refractivity contribution in [2.24, 2.45) is 35.0 Å². The Labute approximate surface area is 129 Å². The van der Waals surface area contributed by atoms with Crippen LogP contribution < -0.4 is 5.32 Å². The lowest BCUT2D eigenvalue weighted by atomic mass is 9.51.